The molecule has 1 saturated heterocycles. The molecule has 2 N–H and O–H groups in total. The number of benzene rings is 2. The van der Waals surface area contributed by atoms with Gasteiger partial charge in [-0.15, -0.1) is 0 Å². The molecule has 4 heterocycles. The van der Waals surface area contributed by atoms with Crippen LogP contribution in [0, 0.1) is 11.8 Å². The number of nitrogens with zero attached hydrogens (tertiary/aromatic N) is 4. The fourth-order valence-electron chi connectivity index (χ4n) is 4.87. The second kappa shape index (κ2) is 9.67. The molecule has 0 unspecified atom stereocenters. The van der Waals surface area contributed by atoms with E-state index in [1.807, 2.05) is 6.07 Å². The molecule has 3 aromatic rings. The van der Waals surface area contributed by atoms with Gasteiger partial charge in [-0.1, -0.05) is 17.9 Å². The Balaban J connectivity index is 1.25. The number of fused-ring (bicyclic) bond motifs is 1. The summed E-state index contributed by atoms with van der Waals surface area (Å²) in [5.74, 6) is 5.82. The van der Waals surface area contributed by atoms with Gasteiger partial charge in [0, 0.05) is 35.6 Å². The predicted molar refractivity (Wildman–Crippen MR) is 144 cm³/mol. The third-order valence-electron chi connectivity index (χ3n) is 6.86. The SMILES string of the molecule is COc1ccc2c(c1)C(=O)N(C[C@@]1(C#Cc3ccc(N4C(=O)CN=C4c4cccnc4)cc3)NC(=O)NC1=O)C2. The van der Waals surface area contributed by atoms with Gasteiger partial charge >= 0.3 is 6.03 Å². The first kappa shape index (κ1) is 24.8. The lowest BCUT2D eigenvalue weighted by Gasteiger charge is -2.26. The van der Waals surface area contributed by atoms with Crippen molar-refractivity contribution >= 4 is 35.3 Å². The number of rotatable bonds is 5. The van der Waals surface area contributed by atoms with Crippen LogP contribution in [0.25, 0.3) is 0 Å². The zero-order chi connectivity index (χ0) is 27.9. The Morgan fingerprint density at radius 1 is 1.07 bits per heavy atom. The molecule has 1 atom stereocenters. The Morgan fingerprint density at radius 3 is 2.60 bits per heavy atom. The minimum absolute atomic E-state index is 0.0367. The molecule has 3 aliphatic rings. The minimum atomic E-state index is -1.64. The lowest BCUT2D eigenvalue weighted by molar-refractivity contribution is -0.122. The Hall–Kier alpha value is -5.50. The minimum Gasteiger partial charge on any atom is -0.497 e. The van der Waals surface area contributed by atoms with E-state index in [4.69, 9.17) is 4.74 Å². The van der Waals surface area contributed by atoms with Crippen LogP contribution in [0.3, 0.4) is 0 Å². The van der Waals surface area contributed by atoms with Crippen molar-refractivity contribution in [3.8, 4) is 17.6 Å². The topological polar surface area (TPSA) is 133 Å². The standard InChI is InChI=1S/C29H22N6O5/c1-40-22-9-6-20-16-34(26(37)23(20)13-22)17-29(27(38)32-28(39)33-29)11-10-18-4-7-21(8-5-18)35-24(36)15-31-25(35)19-3-2-12-30-14-19/h2-9,12-14H,15-17H2,1H3,(H2,32,33,38,39)/t29-/m1/s1. The molecule has 0 bridgehead atoms. The van der Waals surface area contributed by atoms with E-state index < -0.39 is 17.5 Å². The molecule has 0 saturated carbocycles. The Morgan fingerprint density at radius 2 is 1.90 bits per heavy atom. The van der Waals surface area contributed by atoms with Crippen LogP contribution in [-0.4, -0.2) is 65.2 Å². The van der Waals surface area contributed by atoms with Gasteiger partial charge < -0.3 is 15.0 Å². The van der Waals surface area contributed by atoms with Gasteiger partial charge in [-0.05, 0) is 54.1 Å². The number of ether oxygens (including phenoxy) is 1. The van der Waals surface area contributed by atoms with Crippen molar-refractivity contribution in [2.24, 2.45) is 4.99 Å². The van der Waals surface area contributed by atoms with Crippen LogP contribution in [0.15, 0.2) is 72.0 Å². The zero-order valence-corrected chi connectivity index (χ0v) is 21.3. The molecule has 0 spiro atoms. The average Bonchev–Trinajstić information content (AvgIpc) is 3.60. The highest BCUT2D eigenvalue weighted by molar-refractivity contribution is 6.27. The molecule has 11 nitrogen and oxygen atoms in total. The van der Waals surface area contributed by atoms with E-state index in [-0.39, 0.29) is 31.4 Å². The van der Waals surface area contributed by atoms with E-state index >= 15 is 0 Å². The predicted octanol–water partition coefficient (Wildman–Crippen LogP) is 1.47. The van der Waals surface area contributed by atoms with Crippen molar-refractivity contribution in [1.29, 1.82) is 0 Å². The molecule has 5 amide bonds. The maximum atomic E-state index is 13.1. The summed E-state index contributed by atoms with van der Waals surface area (Å²) in [6.07, 6.45) is 3.29. The highest BCUT2D eigenvalue weighted by Crippen LogP contribution is 2.29. The quantitative estimate of drug-likeness (QED) is 0.376. The van der Waals surface area contributed by atoms with Crippen LogP contribution in [0.1, 0.15) is 27.0 Å². The number of imide groups is 1. The number of anilines is 1. The summed E-state index contributed by atoms with van der Waals surface area (Å²) in [5.41, 5.74) is 1.51. The maximum absolute atomic E-state index is 13.1. The number of urea groups is 1. The Bertz CT molecular complexity index is 1660. The van der Waals surface area contributed by atoms with Gasteiger partial charge in [0.25, 0.3) is 17.7 Å². The lowest BCUT2D eigenvalue weighted by atomic mass is 9.99. The Labute approximate surface area is 228 Å². The molecule has 40 heavy (non-hydrogen) atoms. The summed E-state index contributed by atoms with van der Waals surface area (Å²) in [6.45, 7) is 0.164. The molecular weight excluding hydrogens is 512 g/mol. The number of hydrogen-bond acceptors (Lipinski definition) is 7. The number of carbonyl (C=O) groups is 4. The van der Waals surface area contributed by atoms with Gasteiger partial charge in [-0.3, -0.25) is 34.6 Å². The number of amidine groups is 1. The van der Waals surface area contributed by atoms with Crippen LogP contribution >= 0.6 is 0 Å². The normalized spacial score (nSPS) is 19.6. The molecule has 1 aromatic heterocycles. The van der Waals surface area contributed by atoms with Crippen LogP contribution in [0.4, 0.5) is 10.5 Å². The average molecular weight is 535 g/mol. The van der Waals surface area contributed by atoms with Crippen molar-refractivity contribution < 1.29 is 23.9 Å². The fraction of sp³-hybridized carbons (Fsp3) is 0.172. The highest BCUT2D eigenvalue weighted by atomic mass is 16.5. The monoisotopic (exact) mass is 534 g/mol. The second-order valence-corrected chi connectivity index (χ2v) is 9.41. The van der Waals surface area contributed by atoms with Crippen molar-refractivity contribution in [2.45, 2.75) is 12.1 Å². The second-order valence-electron chi connectivity index (χ2n) is 9.41. The maximum Gasteiger partial charge on any atom is 0.323 e. The Kier molecular flexibility index (Phi) is 6.00. The van der Waals surface area contributed by atoms with E-state index in [0.29, 0.717) is 28.4 Å². The first-order chi connectivity index (χ1) is 19.4. The van der Waals surface area contributed by atoms with E-state index in [1.165, 1.54) is 16.9 Å². The largest absolute Gasteiger partial charge is 0.497 e. The molecule has 3 aliphatic heterocycles. The first-order valence-electron chi connectivity index (χ1n) is 12.4. The number of methoxy groups -OCH3 is 1. The first-order valence-corrected chi connectivity index (χ1v) is 12.4. The molecule has 198 valence electrons. The van der Waals surface area contributed by atoms with Gasteiger partial charge in [-0.2, -0.15) is 0 Å². The number of aromatic nitrogens is 1. The van der Waals surface area contributed by atoms with Gasteiger partial charge in [0.15, 0.2) is 0 Å². The molecule has 1 fully saturated rings. The van der Waals surface area contributed by atoms with Crippen LogP contribution in [0.5, 0.6) is 5.75 Å². The van der Waals surface area contributed by atoms with Crippen molar-refractivity contribution in [3.05, 3.63) is 89.2 Å². The summed E-state index contributed by atoms with van der Waals surface area (Å²) in [6, 6.07) is 15.0. The van der Waals surface area contributed by atoms with Crippen molar-refractivity contribution in [1.82, 2.24) is 20.5 Å². The molecule has 11 heteroatoms. The molecule has 0 aliphatic carbocycles. The summed E-state index contributed by atoms with van der Waals surface area (Å²) in [4.78, 5) is 62.2. The zero-order valence-electron chi connectivity index (χ0n) is 21.3. The molecule has 2 aromatic carbocycles. The van der Waals surface area contributed by atoms with E-state index in [2.05, 4.69) is 32.5 Å². The van der Waals surface area contributed by atoms with Crippen LogP contribution < -0.4 is 20.3 Å². The number of nitrogens with one attached hydrogen (secondary N) is 2. The highest BCUT2D eigenvalue weighted by Gasteiger charge is 2.48. The van der Waals surface area contributed by atoms with Crippen molar-refractivity contribution in [2.75, 3.05) is 25.1 Å². The number of aliphatic imine (C=N–C) groups is 1. The summed E-state index contributed by atoms with van der Waals surface area (Å²) in [5, 5.41) is 4.84. The van der Waals surface area contributed by atoms with Crippen LogP contribution in [0.2, 0.25) is 0 Å². The van der Waals surface area contributed by atoms with Gasteiger partial charge in [0.2, 0.25) is 5.54 Å². The van der Waals surface area contributed by atoms with E-state index in [1.54, 1.807) is 60.9 Å². The number of hydrogen-bond donors (Lipinski definition) is 2. The van der Waals surface area contributed by atoms with Crippen LogP contribution in [-0.2, 0) is 16.1 Å². The molecular formula is C29H22N6O5. The number of carbonyl (C=O) groups excluding carboxylic acids is 4. The summed E-state index contributed by atoms with van der Waals surface area (Å²) in [7, 11) is 1.52. The molecule has 0 radical (unpaired) electrons. The fourth-order valence-corrected chi connectivity index (χ4v) is 4.87. The van der Waals surface area contributed by atoms with Gasteiger partial charge in [-0.25, -0.2) is 4.79 Å². The summed E-state index contributed by atoms with van der Waals surface area (Å²) >= 11 is 0. The van der Waals surface area contributed by atoms with E-state index in [9.17, 15) is 19.2 Å². The van der Waals surface area contributed by atoms with E-state index in [0.717, 1.165) is 11.1 Å². The number of amides is 5. The van der Waals surface area contributed by atoms with Gasteiger partial charge in [0.1, 0.15) is 18.1 Å². The third kappa shape index (κ3) is 4.31. The smallest absolute Gasteiger partial charge is 0.323 e. The summed E-state index contributed by atoms with van der Waals surface area (Å²) < 4.78 is 5.22. The number of pyridine rings is 1. The van der Waals surface area contributed by atoms with Gasteiger partial charge in [0.05, 0.1) is 19.3 Å². The van der Waals surface area contributed by atoms with Crippen molar-refractivity contribution in [3.63, 3.8) is 0 Å². The third-order valence-corrected chi connectivity index (χ3v) is 6.86. The lowest BCUT2D eigenvalue weighted by Crippen LogP contribution is -2.54. The molecule has 6 rings (SSSR count).